The number of ether oxygens (including phenoxy) is 1. The van der Waals surface area contributed by atoms with Crippen LogP contribution in [0.5, 0.6) is 0 Å². The summed E-state index contributed by atoms with van der Waals surface area (Å²) in [6.45, 7) is 3.34. The number of carbonyl (C=O) groups excluding carboxylic acids is 2. The maximum Gasteiger partial charge on any atom is 0.315 e. The minimum atomic E-state index is -3.40. The van der Waals surface area contributed by atoms with Crippen LogP contribution in [0.1, 0.15) is 28.8 Å². The molecule has 0 unspecified atom stereocenters. The first-order valence-electron chi connectivity index (χ1n) is 9.91. The Morgan fingerprint density at radius 1 is 1.03 bits per heavy atom. The van der Waals surface area contributed by atoms with E-state index >= 15 is 0 Å². The zero-order valence-corrected chi connectivity index (χ0v) is 17.2. The third kappa shape index (κ3) is 6.15. The molecule has 29 heavy (non-hydrogen) atoms. The summed E-state index contributed by atoms with van der Waals surface area (Å²) in [5, 5.41) is 5.27. The second-order valence-electron chi connectivity index (χ2n) is 7.14. The Kier molecular flexibility index (Phi) is 7.45. The van der Waals surface area contributed by atoms with Crippen molar-refractivity contribution in [2.24, 2.45) is 0 Å². The van der Waals surface area contributed by atoms with Gasteiger partial charge in [0.2, 0.25) is 10.0 Å². The average molecular weight is 425 g/mol. The fourth-order valence-corrected chi connectivity index (χ4v) is 4.73. The normalized spacial score (nSPS) is 17.9. The molecule has 2 aliphatic heterocycles. The van der Waals surface area contributed by atoms with E-state index in [1.165, 1.54) is 4.31 Å². The highest BCUT2D eigenvalue weighted by Crippen LogP contribution is 2.14. The first-order chi connectivity index (χ1) is 14.0. The van der Waals surface area contributed by atoms with Gasteiger partial charge in [-0.05, 0) is 30.5 Å². The van der Waals surface area contributed by atoms with Crippen molar-refractivity contribution >= 4 is 22.0 Å². The molecule has 9 nitrogen and oxygen atoms in total. The van der Waals surface area contributed by atoms with E-state index in [0.717, 1.165) is 31.5 Å². The topological polar surface area (TPSA) is 108 Å². The fraction of sp³-hybridized carbons (Fsp3) is 0.579. The predicted octanol–water partition coefficient (Wildman–Crippen LogP) is 0.384. The van der Waals surface area contributed by atoms with E-state index in [1.807, 2.05) is 11.0 Å². The Labute approximate surface area is 171 Å². The van der Waals surface area contributed by atoms with E-state index in [2.05, 4.69) is 10.6 Å². The van der Waals surface area contributed by atoms with E-state index in [1.54, 1.807) is 18.2 Å². The summed E-state index contributed by atoms with van der Waals surface area (Å²) in [6.07, 6.45) is 2.07. The first kappa shape index (κ1) is 21.5. The van der Waals surface area contributed by atoms with Gasteiger partial charge in [-0.3, -0.25) is 4.79 Å². The molecule has 3 rings (SSSR count). The van der Waals surface area contributed by atoms with E-state index in [0.29, 0.717) is 31.9 Å². The number of amides is 3. The molecule has 160 valence electrons. The van der Waals surface area contributed by atoms with Crippen LogP contribution in [-0.2, 0) is 21.3 Å². The van der Waals surface area contributed by atoms with Crippen molar-refractivity contribution in [1.82, 2.24) is 19.8 Å². The van der Waals surface area contributed by atoms with Crippen molar-refractivity contribution in [3.05, 3.63) is 35.4 Å². The summed E-state index contributed by atoms with van der Waals surface area (Å²) in [6, 6.07) is 6.75. The molecule has 1 aromatic rings. The molecule has 0 saturated carbocycles. The monoisotopic (exact) mass is 424 g/mol. The number of carbonyl (C=O) groups is 2. The third-order valence-corrected chi connectivity index (χ3v) is 6.90. The van der Waals surface area contributed by atoms with Crippen molar-refractivity contribution in [2.45, 2.75) is 19.4 Å². The van der Waals surface area contributed by atoms with Crippen LogP contribution >= 0.6 is 0 Å². The van der Waals surface area contributed by atoms with Crippen molar-refractivity contribution < 1.29 is 22.7 Å². The number of urea groups is 1. The van der Waals surface area contributed by atoms with Gasteiger partial charge in [0.15, 0.2) is 0 Å². The van der Waals surface area contributed by atoms with Gasteiger partial charge in [-0.25, -0.2) is 13.2 Å². The molecule has 2 N–H and O–H groups in total. The number of hydrogen-bond donors (Lipinski definition) is 2. The quantitative estimate of drug-likeness (QED) is 0.658. The summed E-state index contributed by atoms with van der Waals surface area (Å²) < 4.78 is 31.0. The fourth-order valence-electron chi connectivity index (χ4n) is 3.41. The molecule has 3 amide bonds. The number of nitrogens with zero attached hydrogens (tertiary/aromatic N) is 2. The van der Waals surface area contributed by atoms with Crippen molar-refractivity contribution in [2.75, 3.05) is 51.7 Å². The molecule has 2 saturated heterocycles. The van der Waals surface area contributed by atoms with Gasteiger partial charge in [-0.1, -0.05) is 12.1 Å². The van der Waals surface area contributed by atoms with Gasteiger partial charge in [0, 0.05) is 44.8 Å². The third-order valence-electron chi connectivity index (χ3n) is 5.03. The minimum absolute atomic E-state index is 0.0159. The first-order valence-corrected chi connectivity index (χ1v) is 11.5. The number of likely N-dealkylation sites (tertiary alicyclic amines) is 1. The summed E-state index contributed by atoms with van der Waals surface area (Å²) >= 11 is 0. The highest BCUT2D eigenvalue weighted by Gasteiger charge is 2.24. The van der Waals surface area contributed by atoms with Crippen LogP contribution in [0.3, 0.4) is 0 Å². The zero-order valence-electron chi connectivity index (χ0n) is 16.4. The van der Waals surface area contributed by atoms with E-state index in [-0.39, 0.29) is 24.7 Å². The summed E-state index contributed by atoms with van der Waals surface area (Å²) in [5.74, 6) is -0.137. The summed E-state index contributed by atoms with van der Waals surface area (Å²) in [4.78, 5) is 26.3. The molecule has 0 bridgehead atoms. The smallest absolute Gasteiger partial charge is 0.315 e. The van der Waals surface area contributed by atoms with E-state index in [9.17, 15) is 18.0 Å². The van der Waals surface area contributed by atoms with Crippen LogP contribution in [0.15, 0.2) is 24.3 Å². The average Bonchev–Trinajstić information content (AvgIpc) is 3.27. The van der Waals surface area contributed by atoms with Crippen molar-refractivity contribution in [1.29, 1.82) is 0 Å². The Morgan fingerprint density at radius 2 is 1.76 bits per heavy atom. The summed E-state index contributed by atoms with van der Waals surface area (Å²) in [7, 11) is -3.40. The van der Waals surface area contributed by atoms with Gasteiger partial charge in [-0.15, -0.1) is 0 Å². The van der Waals surface area contributed by atoms with Crippen molar-refractivity contribution in [3.8, 4) is 0 Å². The minimum Gasteiger partial charge on any atom is -0.379 e. The van der Waals surface area contributed by atoms with Crippen LogP contribution in [0.4, 0.5) is 4.79 Å². The van der Waals surface area contributed by atoms with Crippen LogP contribution in [0, 0.1) is 0 Å². The lowest BCUT2D eigenvalue weighted by atomic mass is 10.1. The lowest BCUT2D eigenvalue weighted by Crippen LogP contribution is -2.44. The van der Waals surface area contributed by atoms with Crippen LogP contribution in [0.25, 0.3) is 0 Å². The van der Waals surface area contributed by atoms with E-state index in [4.69, 9.17) is 4.74 Å². The van der Waals surface area contributed by atoms with Gasteiger partial charge >= 0.3 is 6.03 Å². The van der Waals surface area contributed by atoms with Crippen molar-refractivity contribution in [3.63, 3.8) is 0 Å². The molecule has 10 heteroatoms. The molecule has 1 aromatic carbocycles. The lowest BCUT2D eigenvalue weighted by molar-refractivity contribution is 0.0730. The van der Waals surface area contributed by atoms with Gasteiger partial charge in [-0.2, -0.15) is 4.31 Å². The number of benzene rings is 1. The molecule has 0 atom stereocenters. The SMILES string of the molecule is O=C(NCCS(=O)(=O)N1CCOCC1)NCc1cccc(C(=O)N2CCCC2)c1. The number of nitrogens with one attached hydrogen (secondary N) is 2. The predicted molar refractivity (Wildman–Crippen MR) is 108 cm³/mol. The highest BCUT2D eigenvalue weighted by atomic mass is 32.2. The van der Waals surface area contributed by atoms with Gasteiger partial charge in [0.1, 0.15) is 0 Å². The Morgan fingerprint density at radius 3 is 2.48 bits per heavy atom. The van der Waals surface area contributed by atoms with Crippen LogP contribution in [-0.4, -0.2) is 81.3 Å². The molecule has 0 aliphatic carbocycles. The number of hydrogen-bond acceptors (Lipinski definition) is 5. The Hall–Kier alpha value is -2.17. The van der Waals surface area contributed by atoms with Gasteiger partial charge < -0.3 is 20.3 Å². The maximum absolute atomic E-state index is 12.5. The number of morpholine rings is 1. The molecule has 0 radical (unpaired) electrons. The van der Waals surface area contributed by atoms with Crippen LogP contribution in [0.2, 0.25) is 0 Å². The second-order valence-corrected chi connectivity index (χ2v) is 9.23. The number of rotatable bonds is 7. The lowest BCUT2D eigenvalue weighted by Gasteiger charge is -2.26. The Balaban J connectivity index is 1.42. The second kappa shape index (κ2) is 10.0. The number of sulfonamides is 1. The molecule has 2 aliphatic rings. The highest BCUT2D eigenvalue weighted by molar-refractivity contribution is 7.89. The molecule has 0 spiro atoms. The molecule has 0 aromatic heterocycles. The van der Waals surface area contributed by atoms with Crippen LogP contribution < -0.4 is 10.6 Å². The Bertz CT molecular complexity index is 818. The standard InChI is InChI=1S/C19H28N4O5S/c24-18(22-7-1-2-8-22)17-5-3-4-16(14-17)15-21-19(25)20-6-13-29(26,27)23-9-11-28-12-10-23/h3-5,14H,1-2,6-13,15H2,(H2,20,21,25). The van der Waals surface area contributed by atoms with Gasteiger partial charge in [0.25, 0.3) is 5.91 Å². The molecular formula is C19H28N4O5S. The molecule has 2 heterocycles. The van der Waals surface area contributed by atoms with E-state index < -0.39 is 16.1 Å². The van der Waals surface area contributed by atoms with Gasteiger partial charge in [0.05, 0.1) is 19.0 Å². The molecule has 2 fully saturated rings. The largest absolute Gasteiger partial charge is 0.379 e. The molecular weight excluding hydrogens is 396 g/mol. The zero-order chi connectivity index (χ0) is 20.7. The maximum atomic E-state index is 12.5. The summed E-state index contributed by atoms with van der Waals surface area (Å²) in [5.41, 5.74) is 1.43.